The fourth-order valence-electron chi connectivity index (χ4n) is 3.13. The number of rotatable bonds is 2. The number of Topliss-reactive ketones (excluding diaryl/α,β-unsaturated/α-hetero) is 1. The second-order valence-electron chi connectivity index (χ2n) is 5.67. The van der Waals surface area contributed by atoms with E-state index in [1.54, 1.807) is 19.2 Å². The molecule has 2 saturated heterocycles. The van der Waals surface area contributed by atoms with Crippen molar-refractivity contribution in [3.05, 3.63) is 23.9 Å². The number of nitrogens with zero attached hydrogens (tertiary/aromatic N) is 2. The molecule has 0 aromatic carbocycles. The summed E-state index contributed by atoms with van der Waals surface area (Å²) in [4.78, 5) is 29.5. The molecule has 5 nitrogen and oxygen atoms in total. The smallest absolute Gasteiger partial charge is 0.220 e. The molecule has 0 bridgehead atoms. The van der Waals surface area contributed by atoms with Gasteiger partial charge >= 0.3 is 0 Å². The molecule has 20 heavy (non-hydrogen) atoms. The highest BCUT2D eigenvalue weighted by molar-refractivity contribution is 5.94. The van der Waals surface area contributed by atoms with Crippen molar-refractivity contribution in [2.75, 3.05) is 18.0 Å². The number of hydrogen-bond acceptors (Lipinski definition) is 4. The highest BCUT2D eigenvalue weighted by Crippen LogP contribution is 2.28. The Morgan fingerprint density at radius 2 is 2.30 bits per heavy atom. The summed E-state index contributed by atoms with van der Waals surface area (Å²) in [5.41, 5.74) is 0.703. The monoisotopic (exact) mass is 273 g/mol. The maximum atomic E-state index is 11.5. The standard InChI is InChI=1S/C15H19N3O2/c1-10(19)11-4-6-16-14(8-11)18-7-5-13-12(9-18)2-3-15(20)17-13/h4,6,8,12-13H,2-3,5,7,9H2,1H3,(H,17,20). The van der Waals surface area contributed by atoms with Gasteiger partial charge in [0, 0.05) is 37.3 Å². The van der Waals surface area contributed by atoms with Crippen molar-refractivity contribution >= 4 is 17.5 Å². The first-order chi connectivity index (χ1) is 9.63. The maximum Gasteiger partial charge on any atom is 0.220 e. The number of carbonyl (C=O) groups excluding carboxylic acids is 2. The van der Waals surface area contributed by atoms with Gasteiger partial charge in [-0.1, -0.05) is 0 Å². The first-order valence-corrected chi connectivity index (χ1v) is 7.15. The van der Waals surface area contributed by atoms with E-state index in [9.17, 15) is 9.59 Å². The third-order valence-corrected chi connectivity index (χ3v) is 4.30. The summed E-state index contributed by atoms with van der Waals surface area (Å²) in [6, 6.07) is 3.92. The number of anilines is 1. The number of ketones is 1. The van der Waals surface area contributed by atoms with Gasteiger partial charge in [0.05, 0.1) is 0 Å². The number of nitrogens with one attached hydrogen (secondary N) is 1. The largest absolute Gasteiger partial charge is 0.356 e. The molecule has 3 rings (SSSR count). The van der Waals surface area contributed by atoms with Crippen LogP contribution in [0.15, 0.2) is 18.3 Å². The predicted octanol–water partition coefficient (Wildman–Crippen LogP) is 1.39. The lowest BCUT2D eigenvalue weighted by atomic mass is 9.85. The number of carbonyl (C=O) groups is 2. The van der Waals surface area contributed by atoms with Crippen molar-refractivity contribution in [1.82, 2.24) is 10.3 Å². The zero-order valence-corrected chi connectivity index (χ0v) is 11.6. The molecule has 0 radical (unpaired) electrons. The Kier molecular flexibility index (Phi) is 3.42. The van der Waals surface area contributed by atoms with Gasteiger partial charge in [-0.25, -0.2) is 4.98 Å². The second-order valence-corrected chi connectivity index (χ2v) is 5.67. The zero-order chi connectivity index (χ0) is 14.1. The summed E-state index contributed by atoms with van der Waals surface area (Å²) < 4.78 is 0. The topological polar surface area (TPSA) is 62.3 Å². The number of hydrogen-bond donors (Lipinski definition) is 1. The first kappa shape index (κ1) is 13.1. The van der Waals surface area contributed by atoms with Gasteiger partial charge in [0.15, 0.2) is 5.78 Å². The summed E-state index contributed by atoms with van der Waals surface area (Å²) in [6.45, 7) is 3.34. The number of aromatic nitrogens is 1. The lowest BCUT2D eigenvalue weighted by molar-refractivity contribution is -0.124. The van der Waals surface area contributed by atoms with E-state index in [0.29, 0.717) is 23.9 Å². The van der Waals surface area contributed by atoms with Gasteiger partial charge in [-0.3, -0.25) is 9.59 Å². The molecule has 1 aromatic rings. The van der Waals surface area contributed by atoms with Gasteiger partial charge in [-0.05, 0) is 37.8 Å². The van der Waals surface area contributed by atoms with Crippen LogP contribution < -0.4 is 10.2 Å². The van der Waals surface area contributed by atoms with Gasteiger partial charge in [0.2, 0.25) is 5.91 Å². The van der Waals surface area contributed by atoms with Crippen LogP contribution in [0.3, 0.4) is 0 Å². The number of amides is 1. The quantitative estimate of drug-likeness (QED) is 0.827. The molecular weight excluding hydrogens is 254 g/mol. The van der Waals surface area contributed by atoms with Gasteiger partial charge in [-0.2, -0.15) is 0 Å². The average molecular weight is 273 g/mol. The SMILES string of the molecule is CC(=O)c1ccnc(N2CCC3NC(=O)CCC3C2)c1. The molecule has 106 valence electrons. The summed E-state index contributed by atoms with van der Waals surface area (Å²) >= 11 is 0. The van der Waals surface area contributed by atoms with Crippen LogP contribution >= 0.6 is 0 Å². The number of piperidine rings is 2. The number of fused-ring (bicyclic) bond motifs is 1. The van der Waals surface area contributed by atoms with Crippen LogP contribution in [0.2, 0.25) is 0 Å². The van der Waals surface area contributed by atoms with E-state index in [2.05, 4.69) is 15.2 Å². The summed E-state index contributed by atoms with van der Waals surface area (Å²) in [7, 11) is 0. The van der Waals surface area contributed by atoms with Gasteiger partial charge in [-0.15, -0.1) is 0 Å². The highest BCUT2D eigenvalue weighted by atomic mass is 16.1. The van der Waals surface area contributed by atoms with Crippen LogP contribution in [0.5, 0.6) is 0 Å². The van der Waals surface area contributed by atoms with Crippen LogP contribution in [-0.4, -0.2) is 35.8 Å². The van der Waals surface area contributed by atoms with Crippen molar-refractivity contribution in [3.63, 3.8) is 0 Å². The van der Waals surface area contributed by atoms with Crippen molar-refractivity contribution < 1.29 is 9.59 Å². The van der Waals surface area contributed by atoms with E-state index in [0.717, 1.165) is 31.7 Å². The molecule has 1 aromatic heterocycles. The van der Waals surface area contributed by atoms with E-state index in [-0.39, 0.29) is 11.7 Å². The van der Waals surface area contributed by atoms with Crippen molar-refractivity contribution in [2.24, 2.45) is 5.92 Å². The van der Waals surface area contributed by atoms with E-state index in [1.165, 1.54) is 0 Å². The lowest BCUT2D eigenvalue weighted by Gasteiger charge is -2.41. The molecule has 2 aliphatic heterocycles. The second kappa shape index (κ2) is 5.23. The molecule has 3 heterocycles. The summed E-state index contributed by atoms with van der Waals surface area (Å²) in [6.07, 6.45) is 4.21. The van der Waals surface area contributed by atoms with E-state index in [1.807, 2.05) is 6.07 Å². The van der Waals surface area contributed by atoms with Crippen LogP contribution in [0.25, 0.3) is 0 Å². The Labute approximate surface area is 118 Å². The van der Waals surface area contributed by atoms with E-state index in [4.69, 9.17) is 0 Å². The van der Waals surface area contributed by atoms with Crippen molar-refractivity contribution in [3.8, 4) is 0 Å². The van der Waals surface area contributed by atoms with Gasteiger partial charge in [0.25, 0.3) is 0 Å². The zero-order valence-electron chi connectivity index (χ0n) is 11.6. The third kappa shape index (κ3) is 2.53. The minimum atomic E-state index is 0.0634. The van der Waals surface area contributed by atoms with Gasteiger partial charge < -0.3 is 10.2 Å². The van der Waals surface area contributed by atoms with Crippen molar-refractivity contribution in [2.45, 2.75) is 32.2 Å². The van der Waals surface area contributed by atoms with Crippen LogP contribution in [0.4, 0.5) is 5.82 Å². The van der Waals surface area contributed by atoms with Gasteiger partial charge in [0.1, 0.15) is 5.82 Å². The Morgan fingerprint density at radius 3 is 3.10 bits per heavy atom. The normalized spacial score (nSPS) is 25.9. The summed E-state index contributed by atoms with van der Waals surface area (Å²) in [5, 5.41) is 3.08. The molecule has 0 aliphatic carbocycles. The Hall–Kier alpha value is -1.91. The minimum Gasteiger partial charge on any atom is -0.356 e. The average Bonchev–Trinajstić information content (AvgIpc) is 2.47. The molecule has 2 fully saturated rings. The summed E-state index contributed by atoms with van der Waals surface area (Å²) in [5.74, 6) is 1.60. The highest BCUT2D eigenvalue weighted by Gasteiger charge is 2.34. The maximum absolute atomic E-state index is 11.5. The van der Waals surface area contributed by atoms with Crippen LogP contribution in [-0.2, 0) is 4.79 Å². The first-order valence-electron chi connectivity index (χ1n) is 7.15. The molecule has 1 amide bonds. The van der Waals surface area contributed by atoms with E-state index < -0.39 is 0 Å². The Morgan fingerprint density at radius 1 is 1.45 bits per heavy atom. The number of pyridine rings is 1. The molecular formula is C15H19N3O2. The Bertz CT molecular complexity index is 544. The molecule has 0 saturated carbocycles. The molecule has 2 unspecified atom stereocenters. The predicted molar refractivity (Wildman–Crippen MR) is 75.7 cm³/mol. The fraction of sp³-hybridized carbons (Fsp3) is 0.533. The molecule has 0 spiro atoms. The molecule has 2 aliphatic rings. The molecule has 5 heteroatoms. The van der Waals surface area contributed by atoms with E-state index >= 15 is 0 Å². The Balaban J connectivity index is 1.74. The molecule has 2 atom stereocenters. The fourth-order valence-corrected chi connectivity index (χ4v) is 3.13. The minimum absolute atomic E-state index is 0.0634. The molecule has 1 N–H and O–H groups in total. The van der Waals surface area contributed by atoms with Crippen LogP contribution in [0.1, 0.15) is 36.5 Å². The van der Waals surface area contributed by atoms with Crippen LogP contribution in [0, 0.1) is 5.92 Å². The third-order valence-electron chi connectivity index (χ3n) is 4.30. The van der Waals surface area contributed by atoms with Crippen molar-refractivity contribution in [1.29, 1.82) is 0 Å². The lowest BCUT2D eigenvalue weighted by Crippen LogP contribution is -2.54.